The Morgan fingerprint density at radius 2 is 2.14 bits per heavy atom. The maximum atomic E-state index is 10.0. The second-order valence-corrected chi connectivity index (χ2v) is 6.36. The van der Waals surface area contributed by atoms with Crippen LogP contribution in [-0.4, -0.2) is 48.2 Å². The number of nitrogens with one attached hydrogen (secondary N) is 2. The molecule has 1 aliphatic heterocycles. The minimum atomic E-state index is -0.572. The van der Waals surface area contributed by atoms with Crippen molar-refractivity contribution in [3.8, 4) is 5.75 Å². The van der Waals surface area contributed by atoms with Crippen molar-refractivity contribution < 1.29 is 14.9 Å². The minimum absolute atomic E-state index is 0.167. The first kappa shape index (κ1) is 17.1. The molecule has 1 aliphatic rings. The van der Waals surface area contributed by atoms with Crippen LogP contribution in [0, 0.1) is 0 Å². The summed E-state index contributed by atoms with van der Waals surface area (Å²) in [6, 6.07) is 6.15. The zero-order valence-electron chi connectivity index (χ0n) is 13.7. The molecule has 0 saturated carbocycles. The second kappa shape index (κ2) is 7.81. The van der Waals surface area contributed by atoms with E-state index in [2.05, 4.69) is 23.6 Å². The van der Waals surface area contributed by atoms with Gasteiger partial charge in [-0.2, -0.15) is 0 Å². The Kier molecular flexibility index (Phi) is 6.06. The maximum absolute atomic E-state index is 10.0. The highest BCUT2D eigenvalue weighted by Gasteiger charge is 2.22. The monoisotopic (exact) mass is 308 g/mol. The van der Waals surface area contributed by atoms with Crippen LogP contribution in [-0.2, 0) is 0 Å². The Labute approximate surface area is 132 Å². The van der Waals surface area contributed by atoms with Gasteiger partial charge in [0.1, 0.15) is 18.5 Å². The van der Waals surface area contributed by atoms with Gasteiger partial charge in [-0.25, -0.2) is 0 Å². The molecule has 0 spiro atoms. The number of hydrogen-bond acceptors (Lipinski definition) is 5. The number of anilines is 1. The van der Waals surface area contributed by atoms with Gasteiger partial charge in [0.05, 0.1) is 6.10 Å². The van der Waals surface area contributed by atoms with Gasteiger partial charge in [-0.05, 0) is 32.4 Å². The van der Waals surface area contributed by atoms with E-state index in [9.17, 15) is 10.2 Å². The summed E-state index contributed by atoms with van der Waals surface area (Å²) in [5.41, 5.74) is 2.33. The van der Waals surface area contributed by atoms with Crippen molar-refractivity contribution in [3.63, 3.8) is 0 Å². The van der Waals surface area contributed by atoms with Crippen LogP contribution >= 0.6 is 0 Å². The lowest BCUT2D eigenvalue weighted by Gasteiger charge is -2.19. The molecule has 0 aromatic heterocycles. The smallest absolute Gasteiger partial charge is 0.125 e. The first-order valence-corrected chi connectivity index (χ1v) is 8.06. The highest BCUT2D eigenvalue weighted by atomic mass is 16.5. The van der Waals surface area contributed by atoms with Gasteiger partial charge in [-0.15, -0.1) is 0 Å². The Bertz CT molecular complexity index is 479. The molecule has 22 heavy (non-hydrogen) atoms. The third-order valence-corrected chi connectivity index (χ3v) is 3.99. The molecule has 1 heterocycles. The van der Waals surface area contributed by atoms with Crippen LogP contribution in [0.2, 0.25) is 0 Å². The Morgan fingerprint density at radius 3 is 2.86 bits per heavy atom. The van der Waals surface area contributed by atoms with Gasteiger partial charge in [0.2, 0.25) is 0 Å². The summed E-state index contributed by atoms with van der Waals surface area (Å²) in [5, 5.41) is 25.9. The average molecular weight is 308 g/mol. The van der Waals surface area contributed by atoms with Crippen molar-refractivity contribution in [1.82, 2.24) is 5.32 Å². The van der Waals surface area contributed by atoms with E-state index in [4.69, 9.17) is 4.74 Å². The van der Waals surface area contributed by atoms with Crippen molar-refractivity contribution in [2.75, 3.05) is 25.0 Å². The molecule has 1 aromatic rings. The van der Waals surface area contributed by atoms with Crippen LogP contribution in [0.1, 0.15) is 38.7 Å². The van der Waals surface area contributed by atoms with Gasteiger partial charge in [0.15, 0.2) is 0 Å². The number of aliphatic hydroxyl groups is 2. The van der Waals surface area contributed by atoms with Crippen LogP contribution in [0.5, 0.6) is 5.75 Å². The lowest BCUT2D eigenvalue weighted by atomic mass is 10.0. The molecule has 0 amide bonds. The largest absolute Gasteiger partial charge is 0.490 e. The lowest BCUT2D eigenvalue weighted by molar-refractivity contribution is 0.0996. The standard InChI is InChI=1S/C17H28N2O3/c1-11-8-19-15-5-4-6-16(17(11)15)22-10-14(21)9-18-12(2)7-13(3)20/h4-6,11-14,18-21H,7-10H2,1-3H3. The van der Waals surface area contributed by atoms with Gasteiger partial charge < -0.3 is 25.6 Å². The summed E-state index contributed by atoms with van der Waals surface area (Å²) in [6.45, 7) is 7.58. The molecule has 4 N–H and O–H groups in total. The molecule has 0 bridgehead atoms. The predicted molar refractivity (Wildman–Crippen MR) is 88.6 cm³/mol. The van der Waals surface area contributed by atoms with Crippen molar-refractivity contribution >= 4 is 5.69 Å². The molecule has 5 nitrogen and oxygen atoms in total. The van der Waals surface area contributed by atoms with E-state index in [1.807, 2.05) is 19.1 Å². The first-order valence-electron chi connectivity index (χ1n) is 8.06. The highest BCUT2D eigenvalue weighted by Crippen LogP contribution is 2.38. The van der Waals surface area contributed by atoms with Crippen molar-refractivity contribution in [2.24, 2.45) is 0 Å². The average Bonchev–Trinajstić information content (AvgIpc) is 2.84. The van der Waals surface area contributed by atoms with E-state index in [0.29, 0.717) is 18.9 Å². The fraction of sp³-hybridized carbons (Fsp3) is 0.647. The Hall–Kier alpha value is -1.30. The van der Waals surface area contributed by atoms with E-state index in [-0.39, 0.29) is 18.8 Å². The maximum Gasteiger partial charge on any atom is 0.125 e. The quantitative estimate of drug-likeness (QED) is 0.588. The lowest BCUT2D eigenvalue weighted by Crippen LogP contribution is -2.37. The summed E-state index contributed by atoms with van der Waals surface area (Å²) in [5.74, 6) is 1.28. The molecule has 5 heteroatoms. The van der Waals surface area contributed by atoms with Crippen LogP contribution in [0.15, 0.2) is 18.2 Å². The zero-order chi connectivity index (χ0) is 16.1. The molecule has 0 saturated heterocycles. The van der Waals surface area contributed by atoms with Crippen molar-refractivity contribution in [2.45, 2.75) is 51.4 Å². The third-order valence-electron chi connectivity index (χ3n) is 3.99. The van der Waals surface area contributed by atoms with Gasteiger partial charge in [-0.3, -0.25) is 0 Å². The molecule has 4 unspecified atom stereocenters. The molecule has 2 rings (SSSR count). The van der Waals surface area contributed by atoms with E-state index < -0.39 is 6.10 Å². The number of fused-ring (bicyclic) bond motifs is 1. The number of aliphatic hydroxyl groups excluding tert-OH is 2. The van der Waals surface area contributed by atoms with Crippen molar-refractivity contribution in [3.05, 3.63) is 23.8 Å². The highest BCUT2D eigenvalue weighted by molar-refractivity contribution is 5.63. The fourth-order valence-electron chi connectivity index (χ4n) is 2.87. The van der Waals surface area contributed by atoms with Gasteiger partial charge in [0, 0.05) is 36.3 Å². The van der Waals surface area contributed by atoms with Crippen LogP contribution < -0.4 is 15.4 Å². The predicted octanol–water partition coefficient (Wildman–Crippen LogP) is 1.70. The van der Waals surface area contributed by atoms with Gasteiger partial charge in [0.25, 0.3) is 0 Å². The van der Waals surface area contributed by atoms with Crippen LogP contribution in [0.25, 0.3) is 0 Å². The molecule has 124 valence electrons. The Morgan fingerprint density at radius 1 is 1.36 bits per heavy atom. The third kappa shape index (κ3) is 4.60. The van der Waals surface area contributed by atoms with E-state index in [0.717, 1.165) is 18.0 Å². The fourth-order valence-corrected chi connectivity index (χ4v) is 2.87. The number of benzene rings is 1. The van der Waals surface area contributed by atoms with E-state index >= 15 is 0 Å². The van der Waals surface area contributed by atoms with Gasteiger partial charge >= 0.3 is 0 Å². The summed E-state index contributed by atoms with van der Waals surface area (Å²) in [6.07, 6.45) is -0.239. The zero-order valence-corrected chi connectivity index (χ0v) is 13.7. The molecule has 4 atom stereocenters. The molecule has 1 aromatic carbocycles. The van der Waals surface area contributed by atoms with E-state index in [1.54, 1.807) is 6.92 Å². The topological polar surface area (TPSA) is 73.8 Å². The molecule has 0 radical (unpaired) electrons. The summed E-state index contributed by atoms with van der Waals surface area (Å²) in [7, 11) is 0. The number of rotatable bonds is 8. The van der Waals surface area contributed by atoms with Gasteiger partial charge in [-0.1, -0.05) is 13.0 Å². The molecular formula is C17H28N2O3. The second-order valence-electron chi connectivity index (χ2n) is 6.36. The van der Waals surface area contributed by atoms with Crippen LogP contribution in [0.4, 0.5) is 5.69 Å². The SMILES string of the molecule is CC(O)CC(C)NCC(O)COc1cccc2c1C(C)CN2. The summed E-state index contributed by atoms with van der Waals surface area (Å²) < 4.78 is 5.82. The van der Waals surface area contributed by atoms with E-state index in [1.165, 1.54) is 5.56 Å². The minimum Gasteiger partial charge on any atom is -0.490 e. The first-order chi connectivity index (χ1) is 10.5. The van der Waals surface area contributed by atoms with Crippen LogP contribution in [0.3, 0.4) is 0 Å². The molecular weight excluding hydrogens is 280 g/mol. The molecule has 0 aliphatic carbocycles. The van der Waals surface area contributed by atoms with Crippen molar-refractivity contribution in [1.29, 1.82) is 0 Å². The molecule has 0 fully saturated rings. The number of hydrogen-bond donors (Lipinski definition) is 4. The summed E-state index contributed by atoms with van der Waals surface area (Å²) in [4.78, 5) is 0. The normalized spacial score (nSPS) is 20.9. The Balaban J connectivity index is 1.80. The number of ether oxygens (including phenoxy) is 1. The summed E-state index contributed by atoms with van der Waals surface area (Å²) >= 11 is 0.